The number of imidazole rings is 1. The van der Waals surface area contributed by atoms with Gasteiger partial charge in [0.25, 0.3) is 0 Å². The normalized spacial score (nSPS) is 19.0. The van der Waals surface area contributed by atoms with E-state index in [-0.39, 0.29) is 18.2 Å². The molecule has 2 aromatic rings. The quantitative estimate of drug-likeness (QED) is 0.879. The van der Waals surface area contributed by atoms with Crippen molar-refractivity contribution >= 4 is 22.6 Å². The summed E-state index contributed by atoms with van der Waals surface area (Å²) in [5.74, 6) is 0.616. The van der Waals surface area contributed by atoms with Gasteiger partial charge in [-0.3, -0.25) is 0 Å². The molecule has 1 fully saturated rings. The molecule has 1 aromatic heterocycles. The molecule has 0 spiro atoms. The van der Waals surface area contributed by atoms with Gasteiger partial charge in [-0.15, -0.1) is 0 Å². The first kappa shape index (κ1) is 14.4. The molecule has 0 radical (unpaired) electrons. The van der Waals surface area contributed by atoms with Crippen LogP contribution in [0.15, 0.2) is 12.1 Å². The molecule has 1 atom stereocenters. The molecule has 1 unspecified atom stereocenters. The summed E-state index contributed by atoms with van der Waals surface area (Å²) in [7, 11) is 1.57. The Morgan fingerprint density at radius 1 is 1.48 bits per heavy atom. The molecule has 7 heteroatoms. The topological polar surface area (TPSA) is 65.7 Å². The number of hydrogen-bond acceptors (Lipinski definition) is 5. The van der Waals surface area contributed by atoms with Crippen molar-refractivity contribution in [2.75, 3.05) is 13.7 Å². The molecule has 1 aliphatic heterocycles. The summed E-state index contributed by atoms with van der Waals surface area (Å²) in [5.41, 5.74) is 1.78. The van der Waals surface area contributed by atoms with Crippen molar-refractivity contribution in [2.45, 2.75) is 32.2 Å². The highest BCUT2D eigenvalue weighted by Gasteiger charge is 2.20. The van der Waals surface area contributed by atoms with E-state index in [0.717, 1.165) is 30.6 Å². The fourth-order valence-corrected chi connectivity index (χ4v) is 2.70. The number of fused-ring (bicyclic) bond motifs is 1. The number of rotatable bonds is 4. The summed E-state index contributed by atoms with van der Waals surface area (Å²) in [4.78, 5) is 4.08. The predicted octanol–water partition coefficient (Wildman–Crippen LogP) is 2.98. The minimum Gasteiger partial charge on any atom is -0.496 e. The standard InChI is InChI=1S/C14H17ClN2O4/c1-19-11-6-5-10-13(17(18)14(15)16-10)9(11)8-21-12-4-2-3-7-20-12/h5-6,12,18H,2-4,7-8H2,1H3. The van der Waals surface area contributed by atoms with E-state index in [2.05, 4.69) is 4.98 Å². The Hall–Kier alpha value is -1.50. The zero-order chi connectivity index (χ0) is 14.8. The van der Waals surface area contributed by atoms with Crippen molar-refractivity contribution in [1.82, 2.24) is 9.71 Å². The van der Waals surface area contributed by atoms with Crippen LogP contribution < -0.4 is 4.74 Å². The maximum Gasteiger partial charge on any atom is 0.237 e. The van der Waals surface area contributed by atoms with Crippen LogP contribution in [0.3, 0.4) is 0 Å². The lowest BCUT2D eigenvalue weighted by atomic mass is 10.1. The molecule has 1 saturated heterocycles. The van der Waals surface area contributed by atoms with Crippen molar-refractivity contribution in [3.05, 3.63) is 23.0 Å². The number of hydrogen-bond donors (Lipinski definition) is 1. The molecule has 0 aliphatic carbocycles. The Kier molecular flexibility index (Phi) is 4.19. The highest BCUT2D eigenvalue weighted by molar-refractivity contribution is 6.29. The molecule has 1 aromatic carbocycles. The van der Waals surface area contributed by atoms with E-state index in [0.29, 0.717) is 22.3 Å². The zero-order valence-electron chi connectivity index (χ0n) is 11.7. The highest BCUT2D eigenvalue weighted by Crippen LogP contribution is 2.30. The smallest absolute Gasteiger partial charge is 0.237 e. The SMILES string of the molecule is COc1ccc2nc(Cl)n(O)c2c1COC1CCCCO1. The molecule has 0 amide bonds. The van der Waals surface area contributed by atoms with Gasteiger partial charge in [0.05, 0.1) is 19.2 Å². The van der Waals surface area contributed by atoms with Crippen LogP contribution in [0.1, 0.15) is 24.8 Å². The lowest BCUT2D eigenvalue weighted by Gasteiger charge is -2.23. The van der Waals surface area contributed by atoms with Gasteiger partial charge < -0.3 is 19.4 Å². The Balaban J connectivity index is 1.91. The Morgan fingerprint density at radius 3 is 3.05 bits per heavy atom. The van der Waals surface area contributed by atoms with Gasteiger partial charge in [-0.2, -0.15) is 4.73 Å². The third-order valence-corrected chi connectivity index (χ3v) is 3.83. The average Bonchev–Trinajstić information content (AvgIpc) is 2.81. The number of methoxy groups -OCH3 is 1. The monoisotopic (exact) mass is 312 g/mol. The summed E-state index contributed by atoms with van der Waals surface area (Å²) < 4.78 is 17.5. The van der Waals surface area contributed by atoms with Crippen LogP contribution in [0.2, 0.25) is 5.28 Å². The lowest BCUT2D eigenvalue weighted by molar-refractivity contribution is -0.168. The van der Waals surface area contributed by atoms with E-state index >= 15 is 0 Å². The third kappa shape index (κ3) is 2.79. The molecule has 6 nitrogen and oxygen atoms in total. The summed E-state index contributed by atoms with van der Waals surface area (Å²) in [5, 5.41) is 10.0. The van der Waals surface area contributed by atoms with Crippen LogP contribution in [0.4, 0.5) is 0 Å². The van der Waals surface area contributed by atoms with Gasteiger partial charge in [0.1, 0.15) is 11.3 Å². The number of nitrogens with zero attached hydrogens (tertiary/aromatic N) is 2. The maximum absolute atomic E-state index is 10.0. The van der Waals surface area contributed by atoms with Crippen LogP contribution in [0, 0.1) is 0 Å². The number of benzene rings is 1. The van der Waals surface area contributed by atoms with Crippen LogP contribution in [-0.4, -0.2) is 34.9 Å². The van der Waals surface area contributed by atoms with Crippen molar-refractivity contribution in [3.63, 3.8) is 0 Å². The molecule has 1 N–H and O–H groups in total. The second-order valence-electron chi connectivity index (χ2n) is 4.91. The van der Waals surface area contributed by atoms with Gasteiger partial charge in [-0.1, -0.05) is 0 Å². The second-order valence-corrected chi connectivity index (χ2v) is 5.25. The van der Waals surface area contributed by atoms with E-state index in [4.69, 9.17) is 25.8 Å². The fourth-order valence-electron chi connectivity index (χ4n) is 2.52. The van der Waals surface area contributed by atoms with E-state index in [1.807, 2.05) is 0 Å². The van der Waals surface area contributed by atoms with Crippen LogP contribution in [0.25, 0.3) is 11.0 Å². The van der Waals surface area contributed by atoms with Crippen LogP contribution in [-0.2, 0) is 16.1 Å². The molecule has 0 bridgehead atoms. The summed E-state index contributed by atoms with van der Waals surface area (Å²) in [6.45, 7) is 0.976. The fraction of sp³-hybridized carbons (Fsp3) is 0.500. The van der Waals surface area contributed by atoms with Crippen molar-refractivity contribution in [1.29, 1.82) is 0 Å². The largest absolute Gasteiger partial charge is 0.496 e. The minimum absolute atomic E-state index is 0.00780. The summed E-state index contributed by atoms with van der Waals surface area (Å²) in [6, 6.07) is 3.53. The average molecular weight is 313 g/mol. The Labute approximate surface area is 127 Å². The van der Waals surface area contributed by atoms with E-state index < -0.39 is 0 Å². The molecule has 0 saturated carbocycles. The van der Waals surface area contributed by atoms with Gasteiger partial charge in [-0.05, 0) is 43.0 Å². The minimum atomic E-state index is -0.218. The van der Waals surface area contributed by atoms with Gasteiger partial charge in [0, 0.05) is 12.2 Å². The van der Waals surface area contributed by atoms with Crippen LogP contribution >= 0.6 is 11.6 Å². The first-order valence-electron chi connectivity index (χ1n) is 6.87. The van der Waals surface area contributed by atoms with E-state index in [1.165, 1.54) is 0 Å². The van der Waals surface area contributed by atoms with Gasteiger partial charge >= 0.3 is 0 Å². The van der Waals surface area contributed by atoms with Crippen molar-refractivity contribution < 1.29 is 19.4 Å². The Bertz CT molecular complexity index is 637. The van der Waals surface area contributed by atoms with Gasteiger partial charge in [-0.25, -0.2) is 4.98 Å². The predicted molar refractivity (Wildman–Crippen MR) is 76.9 cm³/mol. The Morgan fingerprint density at radius 2 is 2.33 bits per heavy atom. The van der Waals surface area contributed by atoms with Crippen molar-refractivity contribution in [2.24, 2.45) is 0 Å². The molecular formula is C14H17ClN2O4. The summed E-state index contributed by atoms with van der Waals surface area (Å²) in [6.07, 6.45) is 2.81. The van der Waals surface area contributed by atoms with Crippen LogP contribution in [0.5, 0.6) is 5.75 Å². The van der Waals surface area contributed by atoms with E-state index in [9.17, 15) is 5.21 Å². The lowest BCUT2D eigenvalue weighted by Crippen LogP contribution is -2.22. The molecular weight excluding hydrogens is 296 g/mol. The van der Waals surface area contributed by atoms with Crippen molar-refractivity contribution in [3.8, 4) is 5.75 Å². The zero-order valence-corrected chi connectivity index (χ0v) is 12.5. The van der Waals surface area contributed by atoms with Gasteiger partial charge in [0.15, 0.2) is 6.29 Å². The molecule has 2 heterocycles. The molecule has 114 valence electrons. The second kappa shape index (κ2) is 6.09. The molecule has 1 aliphatic rings. The maximum atomic E-state index is 10.0. The van der Waals surface area contributed by atoms with Gasteiger partial charge in [0.2, 0.25) is 5.28 Å². The number of ether oxygens (including phenoxy) is 3. The first-order chi connectivity index (χ1) is 10.2. The first-order valence-corrected chi connectivity index (χ1v) is 7.24. The third-order valence-electron chi connectivity index (χ3n) is 3.59. The highest BCUT2D eigenvalue weighted by atomic mass is 35.5. The molecule has 3 rings (SSSR count). The molecule has 21 heavy (non-hydrogen) atoms. The van der Waals surface area contributed by atoms with E-state index in [1.54, 1.807) is 19.2 Å². The number of aromatic nitrogens is 2. The summed E-state index contributed by atoms with van der Waals surface area (Å²) >= 11 is 5.86. The number of halogens is 1.